The van der Waals surface area contributed by atoms with E-state index in [1.807, 2.05) is 24.3 Å². The highest BCUT2D eigenvalue weighted by atomic mass is 32.1. The van der Waals surface area contributed by atoms with E-state index in [0.717, 1.165) is 54.6 Å². The van der Waals surface area contributed by atoms with Gasteiger partial charge in [0.15, 0.2) is 0 Å². The Balaban J connectivity index is 1.63. The highest BCUT2D eigenvalue weighted by Crippen LogP contribution is 2.28. The van der Waals surface area contributed by atoms with Crippen LogP contribution in [0.15, 0.2) is 24.3 Å². The second-order valence-corrected chi connectivity index (χ2v) is 8.08. The van der Waals surface area contributed by atoms with Gasteiger partial charge in [-0.05, 0) is 42.9 Å². The Bertz CT molecular complexity index is 762. The zero-order valence-electron chi connectivity index (χ0n) is 16.3. The summed E-state index contributed by atoms with van der Waals surface area (Å²) in [5.41, 5.74) is 1.11. The van der Waals surface area contributed by atoms with Crippen molar-refractivity contribution in [2.45, 2.75) is 45.6 Å². The Kier molecular flexibility index (Phi) is 6.66. The van der Waals surface area contributed by atoms with E-state index < -0.39 is 0 Å². The number of aromatic nitrogens is 2. The van der Waals surface area contributed by atoms with E-state index in [-0.39, 0.29) is 11.9 Å². The van der Waals surface area contributed by atoms with Gasteiger partial charge in [-0.2, -0.15) is 4.37 Å². The van der Waals surface area contributed by atoms with Crippen molar-refractivity contribution < 1.29 is 9.53 Å². The lowest BCUT2D eigenvalue weighted by Gasteiger charge is -2.22. The molecule has 0 spiro atoms. The molecule has 2 heterocycles. The summed E-state index contributed by atoms with van der Waals surface area (Å²) >= 11 is 1.38. The third-order valence-electron chi connectivity index (χ3n) is 4.78. The second-order valence-electron chi connectivity index (χ2n) is 7.35. The molecule has 1 unspecified atom stereocenters. The van der Waals surface area contributed by atoms with E-state index in [4.69, 9.17) is 9.72 Å². The van der Waals surface area contributed by atoms with Gasteiger partial charge in [0, 0.05) is 31.0 Å². The number of carbonyl (C=O) groups excluding carboxylic acids is 1. The Hall–Kier alpha value is -2.15. The molecule has 1 fully saturated rings. The third-order valence-corrected chi connectivity index (χ3v) is 5.57. The van der Waals surface area contributed by atoms with E-state index in [1.54, 1.807) is 7.11 Å². The predicted molar refractivity (Wildman–Crippen MR) is 109 cm³/mol. The van der Waals surface area contributed by atoms with Crippen molar-refractivity contribution in [2.75, 3.05) is 25.1 Å². The van der Waals surface area contributed by atoms with Gasteiger partial charge in [0.25, 0.3) is 0 Å². The fourth-order valence-corrected chi connectivity index (χ4v) is 4.03. The van der Waals surface area contributed by atoms with Gasteiger partial charge in [-0.15, -0.1) is 0 Å². The van der Waals surface area contributed by atoms with Crippen molar-refractivity contribution in [2.24, 2.45) is 5.92 Å². The van der Waals surface area contributed by atoms with Crippen molar-refractivity contribution in [3.63, 3.8) is 0 Å². The molecular weight excluding hydrogens is 360 g/mol. The van der Waals surface area contributed by atoms with Gasteiger partial charge < -0.3 is 15.0 Å². The summed E-state index contributed by atoms with van der Waals surface area (Å²) in [5.74, 6) is 2.32. The minimum absolute atomic E-state index is 0.109. The van der Waals surface area contributed by atoms with Crippen molar-refractivity contribution in [3.8, 4) is 5.75 Å². The van der Waals surface area contributed by atoms with Crippen molar-refractivity contribution in [3.05, 3.63) is 35.7 Å². The minimum Gasteiger partial charge on any atom is -0.497 e. The van der Waals surface area contributed by atoms with Gasteiger partial charge in [-0.1, -0.05) is 26.0 Å². The zero-order chi connectivity index (χ0) is 19.2. The van der Waals surface area contributed by atoms with Gasteiger partial charge in [0.1, 0.15) is 17.6 Å². The first-order valence-electron chi connectivity index (χ1n) is 9.56. The van der Waals surface area contributed by atoms with Crippen LogP contribution in [0.5, 0.6) is 5.75 Å². The maximum atomic E-state index is 12.6. The number of rotatable bonds is 8. The van der Waals surface area contributed by atoms with Crippen LogP contribution < -0.4 is 15.0 Å². The summed E-state index contributed by atoms with van der Waals surface area (Å²) in [4.78, 5) is 19.4. The van der Waals surface area contributed by atoms with E-state index >= 15 is 0 Å². The Morgan fingerprint density at radius 1 is 1.44 bits per heavy atom. The first kappa shape index (κ1) is 19.6. The molecule has 27 heavy (non-hydrogen) atoms. The molecule has 1 aliphatic rings. The highest BCUT2D eigenvalue weighted by Gasteiger charge is 2.32. The van der Waals surface area contributed by atoms with E-state index in [1.165, 1.54) is 11.5 Å². The number of carbonyl (C=O) groups is 1. The summed E-state index contributed by atoms with van der Waals surface area (Å²) in [6, 6.07) is 7.82. The Morgan fingerprint density at radius 2 is 2.30 bits per heavy atom. The molecule has 6 nitrogen and oxygen atoms in total. The fraction of sp³-hybridized carbons (Fsp3) is 0.550. The van der Waals surface area contributed by atoms with Crippen LogP contribution in [0.4, 0.5) is 5.13 Å². The van der Waals surface area contributed by atoms with E-state index in [0.29, 0.717) is 12.3 Å². The van der Waals surface area contributed by atoms with Crippen molar-refractivity contribution >= 4 is 22.6 Å². The number of benzene rings is 1. The number of anilines is 1. The SMILES string of the molecule is COc1cccc(Cc2nsc(N3CCCC3C(=O)NCCC(C)C)n2)c1. The number of methoxy groups -OCH3 is 1. The molecule has 1 aromatic heterocycles. The molecule has 146 valence electrons. The molecule has 0 radical (unpaired) electrons. The predicted octanol–water partition coefficient (Wildman–Crippen LogP) is 3.27. The van der Waals surface area contributed by atoms with Crippen molar-refractivity contribution in [1.29, 1.82) is 0 Å². The number of nitrogens with one attached hydrogen (secondary N) is 1. The molecular formula is C20H28N4O2S. The molecule has 0 bridgehead atoms. The zero-order valence-corrected chi connectivity index (χ0v) is 17.1. The molecule has 0 saturated carbocycles. The lowest BCUT2D eigenvalue weighted by molar-refractivity contribution is -0.122. The molecule has 1 amide bonds. The molecule has 3 rings (SSSR count). The standard InChI is InChI=1S/C20H28N4O2S/c1-14(2)9-10-21-19(25)17-8-5-11-24(17)20-22-18(23-27-20)13-15-6-4-7-16(12-15)26-3/h4,6-7,12,14,17H,5,8-11,13H2,1-3H3,(H,21,25). The number of ether oxygens (including phenoxy) is 1. The van der Waals surface area contributed by atoms with Crippen LogP contribution in [-0.4, -0.2) is 41.5 Å². The van der Waals surface area contributed by atoms with Crippen LogP contribution in [0.2, 0.25) is 0 Å². The van der Waals surface area contributed by atoms with Crippen LogP contribution in [0.3, 0.4) is 0 Å². The molecule has 7 heteroatoms. The first-order chi connectivity index (χ1) is 13.1. The fourth-order valence-electron chi connectivity index (χ4n) is 3.27. The number of hydrogen-bond donors (Lipinski definition) is 1. The smallest absolute Gasteiger partial charge is 0.242 e. The van der Waals surface area contributed by atoms with Crippen LogP contribution in [0.25, 0.3) is 0 Å². The molecule has 0 aliphatic carbocycles. The molecule has 1 saturated heterocycles. The minimum atomic E-state index is -0.130. The summed E-state index contributed by atoms with van der Waals surface area (Å²) < 4.78 is 9.78. The second kappa shape index (κ2) is 9.17. The number of amides is 1. The molecule has 1 aromatic carbocycles. The Morgan fingerprint density at radius 3 is 3.07 bits per heavy atom. The van der Waals surface area contributed by atoms with Gasteiger partial charge in [-0.25, -0.2) is 4.98 Å². The maximum Gasteiger partial charge on any atom is 0.242 e. The molecule has 1 N–H and O–H groups in total. The average Bonchev–Trinajstić information content (AvgIpc) is 3.30. The number of hydrogen-bond acceptors (Lipinski definition) is 6. The van der Waals surface area contributed by atoms with Crippen molar-refractivity contribution in [1.82, 2.24) is 14.7 Å². The van der Waals surface area contributed by atoms with Crippen LogP contribution >= 0.6 is 11.5 Å². The van der Waals surface area contributed by atoms with Gasteiger partial charge in [0.05, 0.1) is 7.11 Å². The van der Waals surface area contributed by atoms with Gasteiger partial charge in [0.2, 0.25) is 11.0 Å². The van der Waals surface area contributed by atoms with Gasteiger partial charge >= 0.3 is 0 Å². The molecule has 1 aliphatic heterocycles. The van der Waals surface area contributed by atoms with Crippen LogP contribution in [0.1, 0.15) is 44.5 Å². The largest absolute Gasteiger partial charge is 0.497 e. The van der Waals surface area contributed by atoms with E-state index in [9.17, 15) is 4.79 Å². The van der Waals surface area contributed by atoms with Gasteiger partial charge in [-0.3, -0.25) is 4.79 Å². The monoisotopic (exact) mass is 388 g/mol. The highest BCUT2D eigenvalue weighted by molar-refractivity contribution is 7.09. The average molecular weight is 389 g/mol. The normalized spacial score (nSPS) is 16.7. The first-order valence-corrected chi connectivity index (χ1v) is 10.3. The topological polar surface area (TPSA) is 67.3 Å². The summed E-state index contributed by atoms with van der Waals surface area (Å²) in [6.45, 7) is 5.92. The number of nitrogens with zero attached hydrogens (tertiary/aromatic N) is 3. The molecule has 1 atom stereocenters. The summed E-state index contributed by atoms with van der Waals surface area (Å²) in [5, 5.41) is 3.92. The third kappa shape index (κ3) is 5.19. The van der Waals surface area contributed by atoms with Crippen LogP contribution in [0, 0.1) is 5.92 Å². The molecule has 2 aromatic rings. The maximum absolute atomic E-state index is 12.6. The summed E-state index contributed by atoms with van der Waals surface area (Å²) in [6.07, 6.45) is 3.54. The lowest BCUT2D eigenvalue weighted by Crippen LogP contribution is -2.43. The van der Waals surface area contributed by atoms with Crippen LogP contribution in [-0.2, 0) is 11.2 Å². The summed E-state index contributed by atoms with van der Waals surface area (Å²) in [7, 11) is 1.66. The lowest BCUT2D eigenvalue weighted by atomic mass is 10.1. The quantitative estimate of drug-likeness (QED) is 0.752. The van der Waals surface area contributed by atoms with E-state index in [2.05, 4.69) is 28.4 Å². The Labute approximate surface area is 165 Å².